The van der Waals surface area contributed by atoms with Crippen molar-refractivity contribution in [1.82, 2.24) is 10.6 Å². The minimum Gasteiger partial charge on any atom is -0.442 e. The number of piperidine rings is 1. The van der Waals surface area contributed by atoms with Crippen LogP contribution in [0.2, 0.25) is 0 Å². The van der Waals surface area contributed by atoms with Crippen LogP contribution in [0.1, 0.15) is 13.8 Å². The topological polar surface area (TPSA) is 99.9 Å². The molecule has 4 N–H and O–H groups in total. The van der Waals surface area contributed by atoms with Crippen molar-refractivity contribution in [2.24, 2.45) is 17.6 Å². The first-order valence-electron chi connectivity index (χ1n) is 9.62. The summed E-state index contributed by atoms with van der Waals surface area (Å²) in [5, 5.41) is 5.98. The molecule has 0 spiro atoms. The van der Waals surface area contributed by atoms with Crippen molar-refractivity contribution in [2.45, 2.75) is 32.2 Å². The molecule has 4 rings (SSSR count). The number of cyclic esters (lactones) is 1. The van der Waals surface area contributed by atoms with Crippen LogP contribution in [0.5, 0.6) is 0 Å². The molecule has 1 aliphatic carbocycles. The molecule has 1 aromatic carbocycles. The molecule has 9 heteroatoms. The van der Waals surface area contributed by atoms with E-state index >= 15 is 0 Å². The summed E-state index contributed by atoms with van der Waals surface area (Å²) < 4.78 is 20.0. The Morgan fingerprint density at radius 3 is 2.68 bits per heavy atom. The lowest BCUT2D eigenvalue weighted by Crippen LogP contribution is -2.40. The molecule has 28 heavy (non-hydrogen) atoms. The number of ether oxygens (including phenoxy) is 1. The standard InChI is InChI=1S/C19H26FN5O3/c1-10(21)23-18-14-8-24(9-15(14)18)17-4-3-12(5-16(17)20)25-7-13(28-19(25)27)6-22-11(2)26/h3-5,10,13-15,18,23H,6-9,21H2,1-2H3,(H,22,26)/t10?,13-,14-,15+,18?/m0/s1. The van der Waals surface area contributed by atoms with Crippen LogP contribution in [0, 0.1) is 17.7 Å². The van der Waals surface area contributed by atoms with E-state index in [0.717, 1.165) is 13.1 Å². The highest BCUT2D eigenvalue weighted by Gasteiger charge is 2.56. The second-order valence-corrected chi connectivity index (χ2v) is 7.90. The number of anilines is 2. The molecule has 2 unspecified atom stereocenters. The van der Waals surface area contributed by atoms with Gasteiger partial charge in [-0.1, -0.05) is 0 Å². The third-order valence-corrected chi connectivity index (χ3v) is 5.69. The molecule has 8 nitrogen and oxygen atoms in total. The van der Waals surface area contributed by atoms with Crippen LogP contribution >= 0.6 is 0 Å². The van der Waals surface area contributed by atoms with Crippen LogP contribution in [-0.2, 0) is 9.53 Å². The molecular formula is C19H26FN5O3. The van der Waals surface area contributed by atoms with Gasteiger partial charge in [-0.25, -0.2) is 9.18 Å². The first kappa shape index (κ1) is 18.9. The maximum Gasteiger partial charge on any atom is 0.414 e. The van der Waals surface area contributed by atoms with Crippen molar-refractivity contribution >= 4 is 23.4 Å². The number of carbonyl (C=O) groups is 2. The maximum absolute atomic E-state index is 14.8. The number of nitrogens with zero attached hydrogens (tertiary/aromatic N) is 2. The van der Waals surface area contributed by atoms with Crippen molar-refractivity contribution in [3.63, 3.8) is 0 Å². The van der Waals surface area contributed by atoms with E-state index in [1.165, 1.54) is 17.9 Å². The highest BCUT2D eigenvalue weighted by molar-refractivity contribution is 5.90. The second-order valence-electron chi connectivity index (χ2n) is 7.90. The summed E-state index contributed by atoms with van der Waals surface area (Å²) in [5.41, 5.74) is 6.80. The molecular weight excluding hydrogens is 365 g/mol. The van der Waals surface area contributed by atoms with Gasteiger partial charge >= 0.3 is 6.09 Å². The molecule has 2 amide bonds. The van der Waals surface area contributed by atoms with E-state index in [2.05, 4.69) is 15.5 Å². The van der Waals surface area contributed by atoms with Gasteiger partial charge in [-0.2, -0.15) is 0 Å². The molecule has 1 saturated carbocycles. The van der Waals surface area contributed by atoms with Crippen LogP contribution in [0.15, 0.2) is 18.2 Å². The van der Waals surface area contributed by atoms with Crippen molar-refractivity contribution in [2.75, 3.05) is 36.0 Å². The van der Waals surface area contributed by atoms with Gasteiger partial charge in [0.15, 0.2) is 0 Å². The van der Waals surface area contributed by atoms with E-state index in [9.17, 15) is 14.0 Å². The van der Waals surface area contributed by atoms with Crippen molar-refractivity contribution < 1.29 is 18.7 Å². The Morgan fingerprint density at radius 1 is 1.36 bits per heavy atom. The predicted molar refractivity (Wildman–Crippen MR) is 102 cm³/mol. The summed E-state index contributed by atoms with van der Waals surface area (Å²) in [7, 11) is 0. The molecule has 1 aromatic rings. The normalized spacial score (nSPS) is 29.5. The second kappa shape index (κ2) is 7.21. The fourth-order valence-electron chi connectivity index (χ4n) is 4.29. The largest absolute Gasteiger partial charge is 0.442 e. The fraction of sp³-hybridized carbons (Fsp3) is 0.579. The Kier molecular flexibility index (Phi) is 4.88. The summed E-state index contributed by atoms with van der Waals surface area (Å²) >= 11 is 0. The zero-order valence-electron chi connectivity index (χ0n) is 16.0. The van der Waals surface area contributed by atoms with E-state index in [1.54, 1.807) is 12.1 Å². The summed E-state index contributed by atoms with van der Waals surface area (Å²) in [6, 6.07) is 5.26. The Bertz CT molecular complexity index is 777. The Morgan fingerprint density at radius 2 is 2.07 bits per heavy atom. The van der Waals surface area contributed by atoms with Crippen LogP contribution < -0.4 is 26.2 Å². The molecule has 0 bridgehead atoms. The molecule has 3 aliphatic rings. The van der Waals surface area contributed by atoms with Gasteiger partial charge in [0.25, 0.3) is 0 Å². The van der Waals surface area contributed by atoms with Crippen LogP contribution in [-0.4, -0.2) is 56.5 Å². The highest BCUT2D eigenvalue weighted by atomic mass is 19.1. The van der Waals surface area contributed by atoms with E-state index in [4.69, 9.17) is 10.5 Å². The maximum atomic E-state index is 14.8. The zero-order chi connectivity index (χ0) is 20.0. The smallest absolute Gasteiger partial charge is 0.414 e. The number of hydrogen-bond acceptors (Lipinski definition) is 6. The molecule has 0 aromatic heterocycles. The summed E-state index contributed by atoms with van der Waals surface area (Å²) in [5.74, 6) is 0.474. The number of halogens is 1. The number of rotatable bonds is 6. The summed E-state index contributed by atoms with van der Waals surface area (Å²) in [6.45, 7) is 5.45. The van der Waals surface area contributed by atoms with E-state index < -0.39 is 12.2 Å². The summed E-state index contributed by atoms with van der Waals surface area (Å²) in [4.78, 5) is 26.6. The molecule has 5 atom stereocenters. The number of nitrogens with two attached hydrogens (primary N) is 1. The number of carbonyl (C=O) groups excluding carboxylic acids is 2. The van der Waals surface area contributed by atoms with Gasteiger partial charge in [0, 0.05) is 26.1 Å². The Labute approximate surface area is 163 Å². The number of amides is 2. The number of nitrogens with one attached hydrogen (secondary N) is 2. The first-order chi connectivity index (χ1) is 13.3. The lowest BCUT2D eigenvalue weighted by molar-refractivity contribution is -0.119. The molecule has 3 fully saturated rings. The lowest BCUT2D eigenvalue weighted by atomic mass is 10.2. The number of hydrogen-bond donors (Lipinski definition) is 3. The molecule has 2 heterocycles. The molecule has 2 saturated heterocycles. The predicted octanol–water partition coefficient (Wildman–Crippen LogP) is 0.616. The van der Waals surface area contributed by atoms with Gasteiger partial charge in [-0.15, -0.1) is 0 Å². The third kappa shape index (κ3) is 3.64. The van der Waals surface area contributed by atoms with E-state index in [-0.39, 0.29) is 31.0 Å². The average Bonchev–Trinajstić information content (AvgIpc) is 2.99. The average molecular weight is 391 g/mol. The Balaban J connectivity index is 1.38. The van der Waals surface area contributed by atoms with Crippen molar-refractivity contribution in [1.29, 1.82) is 0 Å². The minimum absolute atomic E-state index is 0.0326. The molecule has 152 valence electrons. The van der Waals surface area contributed by atoms with Gasteiger partial charge in [0.1, 0.15) is 11.9 Å². The SMILES string of the molecule is CC(=O)NC[C@H]1CN(c2ccc(N3C[C@@H]4C(NC(C)N)[C@@H]4C3)c(F)c2)C(=O)O1. The van der Waals surface area contributed by atoms with Crippen LogP contribution in [0.3, 0.4) is 0 Å². The third-order valence-electron chi connectivity index (χ3n) is 5.69. The van der Waals surface area contributed by atoms with E-state index in [0.29, 0.717) is 29.3 Å². The van der Waals surface area contributed by atoms with Gasteiger partial charge in [0.2, 0.25) is 5.91 Å². The first-order valence-corrected chi connectivity index (χ1v) is 9.62. The number of fused-ring (bicyclic) bond motifs is 1. The van der Waals surface area contributed by atoms with Crippen molar-refractivity contribution in [3.8, 4) is 0 Å². The molecule has 0 radical (unpaired) electrons. The monoisotopic (exact) mass is 391 g/mol. The minimum atomic E-state index is -0.533. The van der Waals surface area contributed by atoms with E-state index in [1.807, 2.05) is 6.92 Å². The summed E-state index contributed by atoms with van der Waals surface area (Å²) in [6.07, 6.45) is -1.01. The van der Waals surface area contributed by atoms with Crippen LogP contribution in [0.4, 0.5) is 20.6 Å². The van der Waals surface area contributed by atoms with Gasteiger partial charge < -0.3 is 20.7 Å². The van der Waals surface area contributed by atoms with Gasteiger partial charge in [0.05, 0.1) is 30.6 Å². The lowest BCUT2D eigenvalue weighted by Gasteiger charge is -2.24. The highest BCUT2D eigenvalue weighted by Crippen LogP contribution is 2.47. The van der Waals surface area contributed by atoms with Gasteiger partial charge in [-0.3, -0.25) is 15.0 Å². The van der Waals surface area contributed by atoms with Gasteiger partial charge in [-0.05, 0) is 37.0 Å². The quantitative estimate of drug-likeness (QED) is 0.615. The van der Waals surface area contributed by atoms with Crippen molar-refractivity contribution in [3.05, 3.63) is 24.0 Å². The molecule has 2 aliphatic heterocycles. The zero-order valence-corrected chi connectivity index (χ0v) is 16.0. The Hall–Kier alpha value is -2.39. The van der Waals surface area contributed by atoms with Crippen LogP contribution in [0.25, 0.3) is 0 Å². The number of benzene rings is 1. The fourth-order valence-corrected chi connectivity index (χ4v) is 4.29.